The van der Waals surface area contributed by atoms with Crippen LogP contribution in [0.3, 0.4) is 0 Å². The second-order valence-electron chi connectivity index (χ2n) is 6.81. The number of anilines is 1. The Balaban J connectivity index is 1.66. The highest BCUT2D eigenvalue weighted by Crippen LogP contribution is 2.30. The molecule has 0 bridgehead atoms. The van der Waals surface area contributed by atoms with Gasteiger partial charge in [-0.1, -0.05) is 29.8 Å². The van der Waals surface area contributed by atoms with Gasteiger partial charge in [0.15, 0.2) is 11.5 Å². The number of ether oxygens (including phenoxy) is 2. The molecule has 1 aliphatic heterocycles. The van der Waals surface area contributed by atoms with E-state index in [0.29, 0.717) is 23.8 Å². The molecule has 1 N–H and O–H groups in total. The molecule has 1 amide bonds. The van der Waals surface area contributed by atoms with Crippen LogP contribution in [0.1, 0.15) is 12.5 Å². The number of nitrogens with one attached hydrogen (secondary N) is 1. The molecule has 0 saturated heterocycles. The minimum atomic E-state index is -3.64. The summed E-state index contributed by atoms with van der Waals surface area (Å²) in [5, 5.41) is 2.77. The Morgan fingerprint density at radius 2 is 1.82 bits per heavy atom. The summed E-state index contributed by atoms with van der Waals surface area (Å²) in [6.07, 6.45) is 0.739. The topological polar surface area (TPSA) is 84.9 Å². The molecule has 0 radical (unpaired) electrons. The molecule has 0 spiro atoms. The summed E-state index contributed by atoms with van der Waals surface area (Å²) in [6, 6.07) is 13.4. The normalized spacial score (nSPS) is 16.9. The number of nitrogens with zero attached hydrogens (tertiary/aromatic N) is 1. The zero-order chi connectivity index (χ0) is 20.3. The van der Waals surface area contributed by atoms with Gasteiger partial charge in [-0.05, 0) is 38.1 Å². The first kappa shape index (κ1) is 20.0. The molecule has 28 heavy (non-hydrogen) atoms. The van der Waals surface area contributed by atoms with Gasteiger partial charge in [0.2, 0.25) is 15.9 Å². The van der Waals surface area contributed by atoms with Gasteiger partial charge in [-0.3, -0.25) is 9.10 Å². The van der Waals surface area contributed by atoms with Crippen molar-refractivity contribution >= 4 is 21.6 Å². The summed E-state index contributed by atoms with van der Waals surface area (Å²) in [5.41, 5.74) is 1.45. The Morgan fingerprint density at radius 1 is 1.18 bits per heavy atom. The second kappa shape index (κ2) is 8.10. The molecule has 0 unspecified atom stereocenters. The highest BCUT2D eigenvalue weighted by atomic mass is 32.2. The monoisotopic (exact) mass is 404 g/mol. The molecule has 0 saturated carbocycles. The van der Waals surface area contributed by atoms with Gasteiger partial charge < -0.3 is 14.8 Å². The predicted molar refractivity (Wildman–Crippen MR) is 107 cm³/mol. The van der Waals surface area contributed by atoms with Crippen LogP contribution in [0.15, 0.2) is 48.5 Å². The van der Waals surface area contributed by atoms with Crippen molar-refractivity contribution < 1.29 is 22.7 Å². The average Bonchev–Trinajstić information content (AvgIpc) is 2.66. The lowest BCUT2D eigenvalue weighted by Gasteiger charge is -2.30. The summed E-state index contributed by atoms with van der Waals surface area (Å²) < 4.78 is 37.2. The fourth-order valence-corrected chi connectivity index (χ4v) is 4.20. The first-order valence-corrected chi connectivity index (χ1v) is 10.8. The van der Waals surface area contributed by atoms with E-state index in [2.05, 4.69) is 5.32 Å². The maximum atomic E-state index is 12.6. The fraction of sp³-hybridized carbons (Fsp3) is 0.350. The molecule has 0 fully saturated rings. The minimum Gasteiger partial charge on any atom is -0.486 e. The molecule has 150 valence electrons. The van der Waals surface area contributed by atoms with Gasteiger partial charge >= 0.3 is 0 Å². The standard InChI is InChI=1S/C20H24N2O5S/c1-14-8-10-16(11-9-14)22(28(3,24)25)15(2)20(23)21-12-17-13-26-18-6-4-5-7-19(18)27-17/h4-11,15,17H,12-13H2,1-3H3,(H,21,23)/t15-,17+/m1/s1. The van der Waals surface area contributed by atoms with Gasteiger partial charge in [0.25, 0.3) is 0 Å². The number of aryl methyl sites for hydroxylation is 1. The molecule has 0 aromatic heterocycles. The highest BCUT2D eigenvalue weighted by molar-refractivity contribution is 7.92. The third-order valence-corrected chi connectivity index (χ3v) is 5.69. The quantitative estimate of drug-likeness (QED) is 0.797. The summed E-state index contributed by atoms with van der Waals surface area (Å²) in [7, 11) is -3.64. The van der Waals surface area contributed by atoms with E-state index >= 15 is 0 Å². The van der Waals surface area contributed by atoms with Crippen LogP contribution >= 0.6 is 0 Å². The minimum absolute atomic E-state index is 0.211. The number of sulfonamides is 1. The van der Waals surface area contributed by atoms with E-state index in [1.165, 1.54) is 0 Å². The van der Waals surface area contributed by atoms with Crippen LogP contribution in [0.2, 0.25) is 0 Å². The van der Waals surface area contributed by atoms with Crippen LogP contribution in [0.5, 0.6) is 11.5 Å². The summed E-state index contributed by atoms with van der Waals surface area (Å²) in [5.74, 6) is 0.882. The van der Waals surface area contributed by atoms with Gasteiger partial charge in [-0.2, -0.15) is 0 Å². The fourth-order valence-electron chi connectivity index (χ4n) is 3.03. The lowest BCUT2D eigenvalue weighted by Crippen LogP contribution is -2.50. The van der Waals surface area contributed by atoms with E-state index in [1.54, 1.807) is 25.1 Å². The SMILES string of the molecule is Cc1ccc(N([C@H](C)C(=O)NC[C@H]2COc3ccccc3O2)S(C)(=O)=O)cc1. The van der Waals surface area contributed by atoms with Gasteiger partial charge in [-0.25, -0.2) is 8.42 Å². The van der Waals surface area contributed by atoms with Crippen molar-refractivity contribution in [1.82, 2.24) is 5.32 Å². The Hall–Kier alpha value is -2.74. The van der Waals surface area contributed by atoms with E-state index in [9.17, 15) is 13.2 Å². The molecule has 8 heteroatoms. The molecule has 0 aliphatic carbocycles. The maximum absolute atomic E-state index is 12.6. The first-order chi connectivity index (χ1) is 13.3. The summed E-state index contributed by atoms with van der Waals surface area (Å²) in [6.45, 7) is 3.99. The highest BCUT2D eigenvalue weighted by Gasteiger charge is 2.30. The van der Waals surface area contributed by atoms with Gasteiger partial charge in [-0.15, -0.1) is 0 Å². The number of rotatable bonds is 6. The van der Waals surface area contributed by atoms with Crippen LogP contribution in [0, 0.1) is 6.92 Å². The number of benzene rings is 2. The Bertz CT molecular complexity index is 943. The molecule has 3 rings (SSSR count). The van der Waals surface area contributed by atoms with Crippen molar-refractivity contribution in [2.75, 3.05) is 23.7 Å². The zero-order valence-electron chi connectivity index (χ0n) is 16.1. The van der Waals surface area contributed by atoms with Crippen molar-refractivity contribution in [3.05, 3.63) is 54.1 Å². The van der Waals surface area contributed by atoms with Gasteiger partial charge in [0, 0.05) is 0 Å². The van der Waals surface area contributed by atoms with Crippen molar-refractivity contribution in [3.63, 3.8) is 0 Å². The van der Waals surface area contributed by atoms with Crippen molar-refractivity contribution in [3.8, 4) is 11.5 Å². The maximum Gasteiger partial charge on any atom is 0.243 e. The van der Waals surface area contributed by atoms with Crippen LogP contribution in [0.25, 0.3) is 0 Å². The smallest absolute Gasteiger partial charge is 0.243 e. The van der Waals surface area contributed by atoms with E-state index < -0.39 is 22.0 Å². The number of carbonyl (C=O) groups is 1. The van der Waals surface area contributed by atoms with Crippen molar-refractivity contribution in [2.45, 2.75) is 26.0 Å². The molecule has 2 aromatic rings. The van der Waals surface area contributed by atoms with Gasteiger partial charge in [0.05, 0.1) is 18.5 Å². The van der Waals surface area contributed by atoms with E-state index in [4.69, 9.17) is 9.47 Å². The Kier molecular flexibility index (Phi) is 5.79. The number of para-hydroxylation sites is 2. The summed E-state index contributed by atoms with van der Waals surface area (Å²) >= 11 is 0. The van der Waals surface area contributed by atoms with Crippen molar-refractivity contribution in [2.24, 2.45) is 0 Å². The average molecular weight is 404 g/mol. The lowest BCUT2D eigenvalue weighted by atomic mass is 10.2. The van der Waals surface area contributed by atoms with E-state index in [0.717, 1.165) is 16.1 Å². The van der Waals surface area contributed by atoms with Crippen LogP contribution in [-0.4, -0.2) is 45.9 Å². The second-order valence-corrected chi connectivity index (χ2v) is 8.67. The molecule has 2 atom stereocenters. The molecule has 1 heterocycles. The molecular formula is C20H24N2O5S. The van der Waals surface area contributed by atoms with Crippen LogP contribution in [0.4, 0.5) is 5.69 Å². The van der Waals surface area contributed by atoms with Crippen LogP contribution in [-0.2, 0) is 14.8 Å². The zero-order valence-corrected chi connectivity index (χ0v) is 16.9. The number of hydrogen-bond donors (Lipinski definition) is 1. The van der Waals surface area contributed by atoms with E-state index in [1.807, 2.05) is 37.3 Å². The largest absolute Gasteiger partial charge is 0.486 e. The third-order valence-electron chi connectivity index (χ3n) is 4.45. The number of fused-ring (bicyclic) bond motifs is 1. The number of amides is 1. The summed E-state index contributed by atoms with van der Waals surface area (Å²) in [4.78, 5) is 12.6. The lowest BCUT2D eigenvalue weighted by molar-refractivity contribution is -0.122. The number of hydrogen-bond acceptors (Lipinski definition) is 5. The van der Waals surface area contributed by atoms with Crippen LogP contribution < -0.4 is 19.1 Å². The third kappa shape index (κ3) is 4.56. The molecule has 7 nitrogen and oxygen atoms in total. The van der Waals surface area contributed by atoms with E-state index in [-0.39, 0.29) is 12.6 Å². The van der Waals surface area contributed by atoms with Crippen molar-refractivity contribution in [1.29, 1.82) is 0 Å². The first-order valence-electron chi connectivity index (χ1n) is 8.98. The number of carbonyl (C=O) groups excluding carboxylic acids is 1. The molecule has 1 aliphatic rings. The Labute approximate surface area is 165 Å². The molecular weight excluding hydrogens is 380 g/mol. The predicted octanol–water partition coefficient (Wildman–Crippen LogP) is 2.11. The molecule has 2 aromatic carbocycles. The van der Waals surface area contributed by atoms with Gasteiger partial charge in [0.1, 0.15) is 18.8 Å². The Morgan fingerprint density at radius 3 is 2.46 bits per heavy atom.